The van der Waals surface area contributed by atoms with Crippen LogP contribution in [0.2, 0.25) is 0 Å². The van der Waals surface area contributed by atoms with E-state index in [-0.39, 0.29) is 0 Å². The maximum atomic E-state index is 6.76. The minimum atomic E-state index is 0.342. The molecule has 4 aliphatic carbocycles. The summed E-state index contributed by atoms with van der Waals surface area (Å²) in [6.45, 7) is 0. The molecule has 0 unspecified atom stereocenters. The normalized spacial score (nSPS) is 21.5. The molecule has 3 heteroatoms. The van der Waals surface area contributed by atoms with Gasteiger partial charge in [0.15, 0.2) is 0 Å². The van der Waals surface area contributed by atoms with Crippen LogP contribution in [0.4, 0.5) is 17.1 Å². The maximum Gasteiger partial charge on any atom is 0.138 e. The molecule has 0 N–H and O–H groups in total. The lowest BCUT2D eigenvalue weighted by molar-refractivity contribution is -0.00518. The van der Waals surface area contributed by atoms with E-state index in [0.29, 0.717) is 5.41 Å². The van der Waals surface area contributed by atoms with Crippen LogP contribution in [0.25, 0.3) is 74.8 Å². The summed E-state index contributed by atoms with van der Waals surface area (Å²) in [6, 6.07) is 58.9. The molecule has 14 rings (SSSR count). The van der Waals surface area contributed by atoms with Crippen molar-refractivity contribution in [2.45, 2.75) is 43.9 Å². The number of rotatable bonds is 5. The molecule has 4 fully saturated rings. The van der Waals surface area contributed by atoms with Gasteiger partial charge in [-0.15, -0.1) is 11.3 Å². The Balaban J connectivity index is 1.08. The molecule has 274 valence electrons. The highest BCUT2D eigenvalue weighted by atomic mass is 32.1. The Morgan fingerprint density at radius 3 is 1.91 bits per heavy atom. The van der Waals surface area contributed by atoms with Crippen LogP contribution in [-0.2, 0) is 5.41 Å². The largest absolute Gasteiger partial charge is 0.456 e. The number of thiophene rings is 1. The van der Waals surface area contributed by atoms with E-state index < -0.39 is 0 Å². The van der Waals surface area contributed by atoms with Crippen molar-refractivity contribution in [2.75, 3.05) is 4.90 Å². The predicted molar refractivity (Wildman–Crippen MR) is 242 cm³/mol. The minimum Gasteiger partial charge on any atom is -0.456 e. The van der Waals surface area contributed by atoms with E-state index in [9.17, 15) is 0 Å². The molecule has 0 saturated heterocycles. The molecule has 2 heterocycles. The molecule has 0 atom stereocenters. The summed E-state index contributed by atoms with van der Waals surface area (Å²) in [4.78, 5) is 2.55. The fourth-order valence-electron chi connectivity index (χ4n) is 12.3. The average Bonchev–Trinajstić information content (AvgIpc) is 3.82. The molecule has 2 nitrogen and oxygen atoms in total. The van der Waals surface area contributed by atoms with Crippen LogP contribution in [0.1, 0.15) is 44.1 Å². The standard InChI is InChI=1S/C54H41NOS/c1-2-12-39-36(10-1)11-9-17-40(39)42-24-25-46(43-14-4-3-13-41(42)43)55(38-22-20-37(21-23-38)54-30-33-26-34(31-54)28-35(27-33)32-54)47-29-49-52(44-15-5-7-18-48(44)56-49)53-51(47)45-16-6-8-19-50(45)57-53/h1-25,29,33-35H,26-28,30-32H2. The van der Waals surface area contributed by atoms with E-state index in [0.717, 1.165) is 34.6 Å². The van der Waals surface area contributed by atoms with Crippen LogP contribution in [0.3, 0.4) is 0 Å². The van der Waals surface area contributed by atoms with Crippen LogP contribution >= 0.6 is 11.3 Å². The first kappa shape index (κ1) is 32.2. The number of nitrogens with zero attached hydrogens (tertiary/aromatic N) is 1. The molecular formula is C54H41NOS. The first-order valence-electron chi connectivity index (χ1n) is 20.8. The molecule has 0 aliphatic heterocycles. The molecule has 0 radical (unpaired) electrons. The molecule has 10 aromatic rings. The number of fused-ring (bicyclic) bond motifs is 9. The summed E-state index contributed by atoms with van der Waals surface area (Å²) in [5.74, 6) is 2.74. The topological polar surface area (TPSA) is 16.4 Å². The van der Waals surface area contributed by atoms with Gasteiger partial charge in [0.05, 0.1) is 11.4 Å². The van der Waals surface area contributed by atoms with E-state index in [2.05, 4.69) is 163 Å². The summed E-state index contributed by atoms with van der Waals surface area (Å²) in [5.41, 5.74) is 9.77. The Labute approximate surface area is 336 Å². The van der Waals surface area contributed by atoms with Crippen molar-refractivity contribution >= 4 is 92.1 Å². The fraction of sp³-hybridized carbons (Fsp3) is 0.185. The molecule has 0 spiro atoms. The van der Waals surface area contributed by atoms with Gasteiger partial charge in [0.2, 0.25) is 0 Å². The van der Waals surface area contributed by atoms with Gasteiger partial charge in [-0.2, -0.15) is 0 Å². The van der Waals surface area contributed by atoms with Crippen LogP contribution in [-0.4, -0.2) is 0 Å². The van der Waals surface area contributed by atoms with E-state index in [1.165, 1.54) is 114 Å². The van der Waals surface area contributed by atoms with Crippen LogP contribution in [0.15, 0.2) is 162 Å². The number of benzene rings is 8. The van der Waals surface area contributed by atoms with Crippen molar-refractivity contribution in [1.29, 1.82) is 0 Å². The van der Waals surface area contributed by atoms with Gasteiger partial charge in [0.25, 0.3) is 0 Å². The lowest BCUT2D eigenvalue weighted by Gasteiger charge is -2.57. The van der Waals surface area contributed by atoms with Gasteiger partial charge in [-0.25, -0.2) is 0 Å². The molecule has 4 aliphatic rings. The molecule has 57 heavy (non-hydrogen) atoms. The first-order valence-corrected chi connectivity index (χ1v) is 21.7. The van der Waals surface area contributed by atoms with Gasteiger partial charge in [-0.1, -0.05) is 121 Å². The van der Waals surface area contributed by atoms with Gasteiger partial charge in [0, 0.05) is 48.1 Å². The quantitative estimate of drug-likeness (QED) is 0.174. The predicted octanol–water partition coefficient (Wildman–Crippen LogP) is 15.9. The van der Waals surface area contributed by atoms with Gasteiger partial charge in [-0.05, 0) is 125 Å². The third kappa shape index (κ3) is 4.76. The lowest BCUT2D eigenvalue weighted by atomic mass is 9.48. The van der Waals surface area contributed by atoms with Gasteiger partial charge in [-0.3, -0.25) is 0 Å². The summed E-state index contributed by atoms with van der Waals surface area (Å²) in [6.07, 6.45) is 8.48. The number of anilines is 3. The molecule has 8 aromatic carbocycles. The molecule has 0 amide bonds. The number of hydrogen-bond donors (Lipinski definition) is 0. The SMILES string of the molecule is c1ccc2c(-c3ccc(N(c4ccc(C56CC7CC(CC(C7)C5)C6)cc4)c4cc5oc6ccccc6c5c5sc6ccccc6c45)c4ccccc34)cccc2c1. The van der Waals surface area contributed by atoms with Crippen molar-refractivity contribution in [3.63, 3.8) is 0 Å². The zero-order valence-corrected chi connectivity index (χ0v) is 32.6. The second kappa shape index (κ2) is 12.1. The molecule has 4 saturated carbocycles. The lowest BCUT2D eigenvalue weighted by Crippen LogP contribution is -2.48. The van der Waals surface area contributed by atoms with E-state index in [4.69, 9.17) is 4.42 Å². The van der Waals surface area contributed by atoms with Crippen LogP contribution in [0, 0.1) is 17.8 Å². The van der Waals surface area contributed by atoms with Crippen molar-refractivity contribution in [2.24, 2.45) is 17.8 Å². The highest BCUT2D eigenvalue weighted by Crippen LogP contribution is 2.61. The van der Waals surface area contributed by atoms with E-state index in [1.54, 1.807) is 5.56 Å². The molecular weight excluding hydrogens is 711 g/mol. The highest BCUT2D eigenvalue weighted by Gasteiger charge is 2.51. The smallest absolute Gasteiger partial charge is 0.138 e. The van der Waals surface area contributed by atoms with Gasteiger partial charge < -0.3 is 9.32 Å². The summed E-state index contributed by atoms with van der Waals surface area (Å²) >= 11 is 1.88. The fourth-order valence-corrected chi connectivity index (χ4v) is 13.5. The van der Waals surface area contributed by atoms with Crippen LogP contribution in [0.5, 0.6) is 0 Å². The zero-order valence-electron chi connectivity index (χ0n) is 31.7. The second-order valence-corrected chi connectivity index (χ2v) is 18.5. The third-order valence-electron chi connectivity index (χ3n) is 14.2. The number of hydrogen-bond acceptors (Lipinski definition) is 3. The van der Waals surface area contributed by atoms with Crippen molar-refractivity contribution in [3.05, 3.63) is 163 Å². The maximum absolute atomic E-state index is 6.76. The monoisotopic (exact) mass is 751 g/mol. The third-order valence-corrected chi connectivity index (χ3v) is 15.4. The number of para-hydroxylation sites is 1. The second-order valence-electron chi connectivity index (χ2n) is 17.5. The van der Waals surface area contributed by atoms with E-state index in [1.807, 2.05) is 11.3 Å². The zero-order chi connectivity index (χ0) is 37.2. The minimum absolute atomic E-state index is 0.342. The van der Waals surface area contributed by atoms with Crippen molar-refractivity contribution in [3.8, 4) is 11.1 Å². The summed E-state index contributed by atoms with van der Waals surface area (Å²) in [5, 5.41) is 9.95. The Morgan fingerprint density at radius 2 is 1.12 bits per heavy atom. The van der Waals surface area contributed by atoms with Crippen molar-refractivity contribution < 1.29 is 4.42 Å². The molecule has 4 bridgehead atoms. The first-order chi connectivity index (χ1) is 28.2. The van der Waals surface area contributed by atoms with Gasteiger partial charge in [0.1, 0.15) is 11.2 Å². The Hall–Kier alpha value is -5.90. The summed E-state index contributed by atoms with van der Waals surface area (Å²) < 4.78 is 9.33. The van der Waals surface area contributed by atoms with Crippen molar-refractivity contribution in [1.82, 2.24) is 0 Å². The van der Waals surface area contributed by atoms with Crippen LogP contribution < -0.4 is 4.90 Å². The number of furan rings is 1. The van der Waals surface area contributed by atoms with Gasteiger partial charge >= 0.3 is 0 Å². The Kier molecular flexibility index (Phi) is 6.81. The Morgan fingerprint density at radius 1 is 0.491 bits per heavy atom. The van der Waals surface area contributed by atoms with E-state index >= 15 is 0 Å². The average molecular weight is 752 g/mol. The Bertz CT molecular complexity index is 3200. The highest BCUT2D eigenvalue weighted by molar-refractivity contribution is 7.27. The summed E-state index contributed by atoms with van der Waals surface area (Å²) in [7, 11) is 0. The molecule has 2 aromatic heterocycles.